The van der Waals surface area contributed by atoms with Gasteiger partial charge in [0.15, 0.2) is 17.2 Å². The third-order valence-corrected chi connectivity index (χ3v) is 7.24. The Hall–Kier alpha value is -4.97. The van der Waals surface area contributed by atoms with Gasteiger partial charge >= 0.3 is 0 Å². The minimum atomic E-state index is 0.00935. The third-order valence-electron chi connectivity index (χ3n) is 7.24. The van der Waals surface area contributed by atoms with Crippen LogP contribution in [0, 0.1) is 12.8 Å². The van der Waals surface area contributed by atoms with E-state index in [1.54, 1.807) is 24.9 Å². The predicted molar refractivity (Wildman–Crippen MR) is 151 cm³/mol. The Kier molecular flexibility index (Phi) is 6.00. The number of anilines is 1. The van der Waals surface area contributed by atoms with E-state index in [9.17, 15) is 4.79 Å². The molecule has 0 saturated carbocycles. The molecule has 0 atom stereocenters. The zero-order valence-corrected chi connectivity index (χ0v) is 21.8. The number of rotatable bonds is 6. The van der Waals surface area contributed by atoms with E-state index in [0.29, 0.717) is 46.4 Å². The molecule has 200 valence electrons. The van der Waals surface area contributed by atoms with Crippen LogP contribution >= 0.6 is 0 Å². The highest BCUT2D eigenvalue weighted by Crippen LogP contribution is 2.29. The number of nitrogens with one attached hydrogen (secondary N) is 4. The Labute approximate surface area is 228 Å². The molecule has 0 unspecified atom stereocenters. The minimum Gasteiger partial charge on any atom is -0.333 e. The molecule has 0 spiro atoms. The zero-order valence-electron chi connectivity index (χ0n) is 21.8. The molecule has 1 saturated heterocycles. The summed E-state index contributed by atoms with van der Waals surface area (Å²) in [5.74, 6) is 0.976. The number of aromatic amines is 2. The van der Waals surface area contributed by atoms with Gasteiger partial charge < -0.3 is 20.2 Å². The Balaban J connectivity index is 1.19. The molecular formula is C28H27N11O. The second-order valence-corrected chi connectivity index (χ2v) is 10.1. The molecule has 6 aromatic rings. The molecule has 12 heteroatoms. The predicted octanol–water partition coefficient (Wildman–Crippen LogP) is 3.78. The van der Waals surface area contributed by atoms with E-state index in [0.717, 1.165) is 53.9 Å². The maximum atomic E-state index is 12.7. The normalized spacial score (nSPS) is 14.2. The number of amides is 1. The molecule has 7 heterocycles. The van der Waals surface area contributed by atoms with Gasteiger partial charge in [-0.3, -0.25) is 14.9 Å². The number of aromatic nitrogens is 9. The van der Waals surface area contributed by atoms with Crippen molar-refractivity contribution in [2.24, 2.45) is 5.92 Å². The topological polar surface area (TPSA) is 155 Å². The highest BCUT2D eigenvalue weighted by molar-refractivity contribution is 5.93. The van der Waals surface area contributed by atoms with Gasteiger partial charge in [0.25, 0.3) is 0 Å². The molecular weight excluding hydrogens is 506 g/mol. The quantitative estimate of drug-likeness (QED) is 0.252. The summed E-state index contributed by atoms with van der Waals surface area (Å²) in [5.41, 5.74) is 7.33. The van der Waals surface area contributed by atoms with Crippen LogP contribution in [0.2, 0.25) is 0 Å². The van der Waals surface area contributed by atoms with Gasteiger partial charge in [-0.15, -0.1) is 0 Å². The first kappa shape index (κ1) is 24.1. The van der Waals surface area contributed by atoms with Crippen LogP contribution < -0.4 is 10.6 Å². The van der Waals surface area contributed by atoms with Crippen molar-refractivity contribution >= 4 is 33.8 Å². The number of nitrogens with zero attached hydrogens (tertiary/aromatic N) is 7. The number of fused-ring (bicyclic) bond motifs is 2. The minimum absolute atomic E-state index is 0.00935. The number of hydrogen-bond acceptors (Lipinski definition) is 8. The summed E-state index contributed by atoms with van der Waals surface area (Å²) in [6, 6.07) is 7.64. The summed E-state index contributed by atoms with van der Waals surface area (Å²) >= 11 is 0. The number of hydrogen-bond donors (Lipinski definition) is 4. The second kappa shape index (κ2) is 9.97. The van der Waals surface area contributed by atoms with Gasteiger partial charge in [-0.2, -0.15) is 5.10 Å². The number of imidazole rings is 2. The summed E-state index contributed by atoms with van der Waals surface area (Å²) < 4.78 is 1.94. The molecule has 0 radical (unpaired) electrons. The maximum Gasteiger partial charge on any atom is 0.224 e. The lowest BCUT2D eigenvalue weighted by Gasteiger charge is -2.21. The number of piperidine rings is 1. The van der Waals surface area contributed by atoms with Crippen LogP contribution in [0.5, 0.6) is 0 Å². The second-order valence-electron chi connectivity index (χ2n) is 10.1. The number of carbonyl (C=O) groups excluding carboxylic acids is 1. The van der Waals surface area contributed by atoms with Crippen molar-refractivity contribution in [2.75, 3.05) is 18.4 Å². The summed E-state index contributed by atoms with van der Waals surface area (Å²) in [5, 5.41) is 13.9. The lowest BCUT2D eigenvalue weighted by molar-refractivity contribution is -0.117. The van der Waals surface area contributed by atoms with Gasteiger partial charge in [0.2, 0.25) is 5.91 Å². The van der Waals surface area contributed by atoms with Crippen LogP contribution in [-0.2, 0) is 4.79 Å². The fourth-order valence-corrected chi connectivity index (χ4v) is 5.21. The molecule has 0 aliphatic carbocycles. The van der Waals surface area contributed by atoms with E-state index in [-0.39, 0.29) is 5.91 Å². The van der Waals surface area contributed by atoms with Gasteiger partial charge in [-0.25, -0.2) is 19.9 Å². The molecule has 4 N–H and O–H groups in total. The van der Waals surface area contributed by atoms with Gasteiger partial charge in [-0.1, -0.05) is 0 Å². The van der Waals surface area contributed by atoms with Crippen molar-refractivity contribution in [1.29, 1.82) is 0 Å². The van der Waals surface area contributed by atoms with Crippen LogP contribution in [-0.4, -0.2) is 63.7 Å². The first-order chi connectivity index (χ1) is 19.6. The number of pyridine rings is 3. The van der Waals surface area contributed by atoms with E-state index < -0.39 is 0 Å². The van der Waals surface area contributed by atoms with Crippen molar-refractivity contribution in [3.8, 4) is 28.5 Å². The van der Waals surface area contributed by atoms with Gasteiger partial charge in [0.05, 0.1) is 40.8 Å². The molecule has 0 aromatic carbocycles. The Morgan fingerprint density at radius 3 is 2.88 bits per heavy atom. The molecule has 1 aliphatic heterocycles. The first-order valence-corrected chi connectivity index (χ1v) is 13.3. The fraction of sp³-hybridized carbons (Fsp3) is 0.250. The molecule has 1 amide bonds. The summed E-state index contributed by atoms with van der Waals surface area (Å²) in [7, 11) is 0. The van der Waals surface area contributed by atoms with Crippen molar-refractivity contribution in [2.45, 2.75) is 26.2 Å². The summed E-state index contributed by atoms with van der Waals surface area (Å²) in [6.07, 6.45) is 11.4. The van der Waals surface area contributed by atoms with E-state index in [1.165, 1.54) is 0 Å². The first-order valence-electron chi connectivity index (χ1n) is 13.3. The molecule has 40 heavy (non-hydrogen) atoms. The molecule has 1 fully saturated rings. The van der Waals surface area contributed by atoms with Crippen molar-refractivity contribution in [3.05, 3.63) is 61.1 Å². The summed E-state index contributed by atoms with van der Waals surface area (Å²) in [4.78, 5) is 38.8. The number of H-pyrrole nitrogens is 2. The average molecular weight is 534 g/mol. The van der Waals surface area contributed by atoms with Crippen LogP contribution in [0.15, 0.2) is 55.4 Å². The summed E-state index contributed by atoms with van der Waals surface area (Å²) in [6.45, 7) is 3.88. The highest BCUT2D eigenvalue weighted by atomic mass is 16.1. The number of aryl methyl sites for hydroxylation is 1. The van der Waals surface area contributed by atoms with E-state index in [4.69, 9.17) is 9.97 Å². The fourth-order valence-electron chi connectivity index (χ4n) is 5.21. The van der Waals surface area contributed by atoms with Gasteiger partial charge in [0, 0.05) is 30.6 Å². The van der Waals surface area contributed by atoms with Crippen LogP contribution in [0.3, 0.4) is 0 Å². The van der Waals surface area contributed by atoms with Crippen LogP contribution in [0.4, 0.5) is 5.69 Å². The molecule has 12 nitrogen and oxygen atoms in total. The van der Waals surface area contributed by atoms with Gasteiger partial charge in [-0.05, 0) is 63.0 Å². The van der Waals surface area contributed by atoms with E-state index in [1.807, 2.05) is 42.0 Å². The number of carbonyl (C=O) groups is 1. The van der Waals surface area contributed by atoms with Crippen molar-refractivity contribution < 1.29 is 4.79 Å². The third kappa shape index (κ3) is 4.58. The Morgan fingerprint density at radius 2 is 2.02 bits per heavy atom. The van der Waals surface area contributed by atoms with E-state index >= 15 is 0 Å². The molecule has 7 rings (SSSR count). The lowest BCUT2D eigenvalue weighted by atomic mass is 9.94. The lowest BCUT2D eigenvalue weighted by Crippen LogP contribution is -2.30. The maximum absolute atomic E-state index is 12.7. The largest absolute Gasteiger partial charge is 0.333 e. The Morgan fingerprint density at radius 1 is 1.12 bits per heavy atom. The highest BCUT2D eigenvalue weighted by Gasteiger charge is 2.19. The molecule has 0 bridgehead atoms. The monoisotopic (exact) mass is 533 g/mol. The smallest absolute Gasteiger partial charge is 0.224 e. The van der Waals surface area contributed by atoms with Crippen molar-refractivity contribution in [3.63, 3.8) is 0 Å². The van der Waals surface area contributed by atoms with E-state index in [2.05, 4.69) is 40.8 Å². The molecule has 1 aliphatic rings. The van der Waals surface area contributed by atoms with Crippen LogP contribution in [0.1, 0.15) is 25.0 Å². The standard InChI is InChI=1S/C28H27N11O/c1-16-14-39(15-32-16)22-6-9-31-27-25(22)35-28(36-27)26-24-21(37-38-26)3-2-20(34-24)18-11-19(13-30-12-18)33-23(40)10-17-4-7-29-8-5-17/h2-3,6,9,11-15,17,29H,4-5,7-8,10H2,1H3,(H,33,40)(H,37,38)(H,31,35,36). The zero-order chi connectivity index (χ0) is 27.1. The SMILES string of the molecule is Cc1cn(-c2ccnc3nc(-c4n[nH]c5ccc(-c6cncc(NC(=O)CC7CCNCC7)c6)nc45)[nH]c23)cn1. The average Bonchev–Trinajstić information content (AvgIpc) is 3.71. The van der Waals surface area contributed by atoms with Crippen molar-refractivity contribution in [1.82, 2.24) is 50.0 Å². The van der Waals surface area contributed by atoms with Crippen LogP contribution in [0.25, 0.3) is 50.7 Å². The molecule has 6 aromatic heterocycles. The van der Waals surface area contributed by atoms with Gasteiger partial charge in [0.1, 0.15) is 11.0 Å². The Bertz CT molecular complexity index is 1840.